The molecule has 0 amide bonds. The number of rotatable bonds is 5. The van der Waals surface area contributed by atoms with E-state index in [-0.39, 0.29) is 12.1 Å². The van der Waals surface area contributed by atoms with Gasteiger partial charge in [0.05, 0.1) is 25.4 Å². The van der Waals surface area contributed by atoms with E-state index in [1.807, 2.05) is 0 Å². The van der Waals surface area contributed by atoms with Gasteiger partial charge in [0, 0.05) is 7.11 Å². The molecular formula is C9H19NO3. The molecule has 4 heteroatoms. The first-order valence-electron chi connectivity index (χ1n) is 4.89. The van der Waals surface area contributed by atoms with E-state index in [9.17, 15) is 5.11 Å². The van der Waals surface area contributed by atoms with Crippen LogP contribution in [0.25, 0.3) is 0 Å². The van der Waals surface area contributed by atoms with Crippen molar-refractivity contribution in [2.75, 3.05) is 20.3 Å². The van der Waals surface area contributed by atoms with Crippen molar-refractivity contribution in [3.63, 3.8) is 0 Å². The van der Waals surface area contributed by atoms with Crippen LogP contribution in [0.15, 0.2) is 0 Å². The second-order valence-electron chi connectivity index (χ2n) is 3.42. The van der Waals surface area contributed by atoms with E-state index in [0.29, 0.717) is 13.2 Å². The van der Waals surface area contributed by atoms with Crippen molar-refractivity contribution in [2.45, 2.75) is 37.8 Å². The van der Waals surface area contributed by atoms with Crippen molar-refractivity contribution < 1.29 is 14.7 Å². The molecule has 0 saturated heterocycles. The van der Waals surface area contributed by atoms with Crippen LogP contribution < -0.4 is 5.48 Å². The summed E-state index contributed by atoms with van der Waals surface area (Å²) >= 11 is 0. The molecule has 0 aliphatic heterocycles. The molecule has 0 aromatic rings. The van der Waals surface area contributed by atoms with Crippen LogP contribution in [0.2, 0.25) is 0 Å². The molecule has 0 spiro atoms. The zero-order valence-electron chi connectivity index (χ0n) is 8.16. The lowest BCUT2D eigenvalue weighted by molar-refractivity contribution is -0.0505. The Morgan fingerprint density at radius 3 is 2.77 bits per heavy atom. The van der Waals surface area contributed by atoms with Crippen LogP contribution in [0.4, 0.5) is 0 Å². The van der Waals surface area contributed by atoms with E-state index in [1.54, 1.807) is 7.11 Å². The Labute approximate surface area is 79.2 Å². The van der Waals surface area contributed by atoms with Gasteiger partial charge in [-0.3, -0.25) is 4.84 Å². The standard InChI is InChI=1S/C9H19NO3/c1-12-6-7-13-10-8-4-2-3-5-9(8)11/h8-11H,2-7H2,1H3/t8-,9-/m1/s1. The normalized spacial score (nSPS) is 29.1. The number of aliphatic hydroxyl groups excluding tert-OH is 1. The molecule has 4 nitrogen and oxygen atoms in total. The molecule has 1 aliphatic carbocycles. The van der Waals surface area contributed by atoms with Crippen molar-refractivity contribution in [1.29, 1.82) is 0 Å². The first kappa shape index (κ1) is 10.9. The van der Waals surface area contributed by atoms with Gasteiger partial charge in [0.25, 0.3) is 0 Å². The lowest BCUT2D eigenvalue weighted by Crippen LogP contribution is -2.42. The Morgan fingerprint density at radius 2 is 2.08 bits per heavy atom. The highest BCUT2D eigenvalue weighted by molar-refractivity contribution is 4.77. The average molecular weight is 189 g/mol. The van der Waals surface area contributed by atoms with Crippen molar-refractivity contribution in [2.24, 2.45) is 0 Å². The molecule has 78 valence electrons. The van der Waals surface area contributed by atoms with Gasteiger partial charge < -0.3 is 9.84 Å². The van der Waals surface area contributed by atoms with Crippen LogP contribution in [0.5, 0.6) is 0 Å². The Hall–Kier alpha value is -0.160. The molecule has 0 bridgehead atoms. The van der Waals surface area contributed by atoms with Crippen LogP contribution in [-0.4, -0.2) is 37.6 Å². The molecule has 1 fully saturated rings. The number of hydrogen-bond donors (Lipinski definition) is 2. The van der Waals surface area contributed by atoms with E-state index in [4.69, 9.17) is 9.57 Å². The molecule has 0 aromatic heterocycles. The summed E-state index contributed by atoms with van der Waals surface area (Å²) < 4.78 is 4.83. The van der Waals surface area contributed by atoms with Crippen LogP contribution in [0, 0.1) is 0 Å². The molecule has 0 aromatic carbocycles. The van der Waals surface area contributed by atoms with Gasteiger partial charge in [-0.25, -0.2) is 0 Å². The van der Waals surface area contributed by atoms with Gasteiger partial charge in [0.15, 0.2) is 0 Å². The van der Waals surface area contributed by atoms with E-state index < -0.39 is 0 Å². The fourth-order valence-corrected chi connectivity index (χ4v) is 1.54. The molecule has 13 heavy (non-hydrogen) atoms. The number of hydroxylamine groups is 1. The summed E-state index contributed by atoms with van der Waals surface area (Å²) in [5, 5.41) is 9.55. The third-order valence-corrected chi connectivity index (χ3v) is 2.35. The van der Waals surface area contributed by atoms with E-state index in [0.717, 1.165) is 19.3 Å². The molecule has 2 atom stereocenters. The summed E-state index contributed by atoms with van der Waals surface area (Å²) in [6, 6.07) is 0.102. The predicted octanol–water partition coefficient (Wildman–Crippen LogP) is 0.457. The monoisotopic (exact) mass is 189 g/mol. The highest BCUT2D eigenvalue weighted by atomic mass is 16.7. The first-order chi connectivity index (χ1) is 6.34. The summed E-state index contributed by atoms with van der Waals surface area (Å²) in [5.41, 5.74) is 2.88. The van der Waals surface area contributed by atoms with Crippen LogP contribution in [-0.2, 0) is 9.57 Å². The van der Waals surface area contributed by atoms with Crippen molar-refractivity contribution in [3.8, 4) is 0 Å². The van der Waals surface area contributed by atoms with Crippen molar-refractivity contribution in [3.05, 3.63) is 0 Å². The summed E-state index contributed by atoms with van der Waals surface area (Å²) in [6.07, 6.45) is 3.91. The fourth-order valence-electron chi connectivity index (χ4n) is 1.54. The van der Waals surface area contributed by atoms with E-state index in [1.165, 1.54) is 6.42 Å². The number of ether oxygens (including phenoxy) is 1. The highest BCUT2D eigenvalue weighted by Gasteiger charge is 2.22. The van der Waals surface area contributed by atoms with E-state index >= 15 is 0 Å². The lowest BCUT2D eigenvalue weighted by Gasteiger charge is -2.27. The largest absolute Gasteiger partial charge is 0.391 e. The third-order valence-electron chi connectivity index (χ3n) is 2.35. The van der Waals surface area contributed by atoms with Crippen molar-refractivity contribution in [1.82, 2.24) is 5.48 Å². The maximum Gasteiger partial charge on any atom is 0.0916 e. The molecule has 0 radical (unpaired) electrons. The zero-order chi connectivity index (χ0) is 9.52. The van der Waals surface area contributed by atoms with Gasteiger partial charge in [-0.05, 0) is 12.8 Å². The summed E-state index contributed by atoms with van der Waals surface area (Å²) in [5.74, 6) is 0. The lowest BCUT2D eigenvalue weighted by atomic mass is 9.93. The molecule has 0 heterocycles. The van der Waals surface area contributed by atoms with Crippen LogP contribution in [0.3, 0.4) is 0 Å². The number of aliphatic hydroxyl groups is 1. The van der Waals surface area contributed by atoms with Gasteiger partial charge >= 0.3 is 0 Å². The molecule has 1 aliphatic rings. The van der Waals surface area contributed by atoms with Crippen LogP contribution in [0.1, 0.15) is 25.7 Å². The summed E-state index contributed by atoms with van der Waals surface area (Å²) in [4.78, 5) is 5.15. The molecular weight excluding hydrogens is 170 g/mol. The van der Waals surface area contributed by atoms with E-state index in [2.05, 4.69) is 5.48 Å². The maximum atomic E-state index is 9.55. The third kappa shape index (κ3) is 4.04. The minimum atomic E-state index is -0.253. The number of nitrogens with one attached hydrogen (secondary N) is 1. The quantitative estimate of drug-likeness (QED) is 0.487. The fraction of sp³-hybridized carbons (Fsp3) is 1.00. The summed E-state index contributed by atoms with van der Waals surface area (Å²) in [6.45, 7) is 1.11. The van der Waals surface area contributed by atoms with Gasteiger partial charge in [0.2, 0.25) is 0 Å². The number of hydrogen-bond acceptors (Lipinski definition) is 4. The molecule has 0 unspecified atom stereocenters. The zero-order valence-corrected chi connectivity index (χ0v) is 8.16. The number of methoxy groups -OCH3 is 1. The average Bonchev–Trinajstić information content (AvgIpc) is 2.15. The van der Waals surface area contributed by atoms with Gasteiger partial charge in [-0.1, -0.05) is 12.8 Å². The molecule has 2 N–H and O–H groups in total. The summed E-state index contributed by atoms with van der Waals surface area (Å²) in [7, 11) is 1.64. The van der Waals surface area contributed by atoms with Crippen molar-refractivity contribution >= 4 is 0 Å². The minimum absolute atomic E-state index is 0.102. The predicted molar refractivity (Wildman–Crippen MR) is 49.2 cm³/mol. The SMILES string of the molecule is COCCON[C@@H]1CCCC[C@H]1O. The second kappa shape index (κ2) is 6.32. The van der Waals surface area contributed by atoms with Gasteiger partial charge in [-0.15, -0.1) is 0 Å². The Morgan fingerprint density at radius 1 is 1.31 bits per heavy atom. The molecule has 1 rings (SSSR count). The first-order valence-corrected chi connectivity index (χ1v) is 4.89. The van der Waals surface area contributed by atoms with Gasteiger partial charge in [0.1, 0.15) is 0 Å². The van der Waals surface area contributed by atoms with Gasteiger partial charge in [-0.2, -0.15) is 5.48 Å². The smallest absolute Gasteiger partial charge is 0.0916 e. The topological polar surface area (TPSA) is 50.7 Å². The Balaban J connectivity index is 2.05. The molecule has 1 saturated carbocycles. The minimum Gasteiger partial charge on any atom is -0.391 e. The Kier molecular flexibility index (Phi) is 5.31. The van der Waals surface area contributed by atoms with Crippen LogP contribution >= 0.6 is 0 Å². The maximum absolute atomic E-state index is 9.55. The second-order valence-corrected chi connectivity index (χ2v) is 3.42. The Bertz CT molecular complexity index is 132. The highest BCUT2D eigenvalue weighted by Crippen LogP contribution is 2.17.